The molecule has 0 unspecified atom stereocenters. The van der Waals surface area contributed by atoms with E-state index in [1.165, 1.54) is 11.1 Å². The van der Waals surface area contributed by atoms with Crippen molar-refractivity contribution in [1.82, 2.24) is 0 Å². The van der Waals surface area contributed by atoms with Crippen LogP contribution in [-0.4, -0.2) is 5.11 Å². The van der Waals surface area contributed by atoms with Crippen LogP contribution in [0.2, 0.25) is 0 Å². The molecule has 1 aromatic carbocycles. The molecule has 0 fully saturated rings. The minimum Gasteiger partial charge on any atom is -0.388 e. The first-order chi connectivity index (χ1) is 6.13. The number of hydrogen-bond donors (Lipinski definition) is 1. The molecule has 70 valence electrons. The zero-order valence-corrected chi connectivity index (χ0v) is 8.25. The van der Waals surface area contributed by atoms with Gasteiger partial charge >= 0.3 is 0 Å². The second-order valence-corrected chi connectivity index (χ2v) is 3.46. The van der Waals surface area contributed by atoms with Crippen molar-refractivity contribution in [3.8, 4) is 0 Å². The quantitative estimate of drug-likeness (QED) is 0.702. The van der Waals surface area contributed by atoms with Crippen LogP contribution < -0.4 is 0 Å². The Hall–Kier alpha value is -1.08. The fourth-order valence-electron chi connectivity index (χ4n) is 1.50. The van der Waals surface area contributed by atoms with E-state index in [2.05, 4.69) is 12.6 Å². The Morgan fingerprint density at radius 3 is 2.31 bits per heavy atom. The zero-order valence-electron chi connectivity index (χ0n) is 8.25. The molecule has 0 saturated carbocycles. The van der Waals surface area contributed by atoms with Gasteiger partial charge in [0.15, 0.2) is 0 Å². The maximum Gasteiger partial charge on any atom is 0.0824 e. The van der Waals surface area contributed by atoms with Crippen molar-refractivity contribution in [2.24, 2.45) is 0 Å². The van der Waals surface area contributed by atoms with Crippen LogP contribution in [0.15, 0.2) is 30.9 Å². The molecule has 0 aliphatic rings. The minimum absolute atomic E-state index is 0.406. The Morgan fingerprint density at radius 1 is 1.31 bits per heavy atom. The smallest absolute Gasteiger partial charge is 0.0824 e. The van der Waals surface area contributed by atoms with Crippen molar-refractivity contribution < 1.29 is 5.11 Å². The van der Waals surface area contributed by atoms with Crippen LogP contribution in [0.5, 0.6) is 0 Å². The summed E-state index contributed by atoms with van der Waals surface area (Å²) in [6.45, 7) is 7.69. The van der Waals surface area contributed by atoms with Crippen molar-refractivity contribution in [1.29, 1.82) is 0 Å². The van der Waals surface area contributed by atoms with E-state index in [0.717, 1.165) is 5.56 Å². The summed E-state index contributed by atoms with van der Waals surface area (Å²) in [5, 5.41) is 9.70. The van der Waals surface area contributed by atoms with Crippen LogP contribution in [0.4, 0.5) is 0 Å². The van der Waals surface area contributed by atoms with Crippen molar-refractivity contribution in [2.75, 3.05) is 0 Å². The predicted octanol–water partition coefficient (Wildman–Crippen LogP) is 2.91. The lowest BCUT2D eigenvalue weighted by Crippen LogP contribution is -1.96. The third-order valence-electron chi connectivity index (χ3n) is 2.02. The lowest BCUT2D eigenvalue weighted by atomic mass is 10.0. The number of rotatable bonds is 3. The Kier molecular flexibility index (Phi) is 3.26. The molecule has 0 amide bonds. The van der Waals surface area contributed by atoms with E-state index >= 15 is 0 Å². The Balaban J connectivity index is 2.93. The van der Waals surface area contributed by atoms with Gasteiger partial charge in [-0.3, -0.25) is 0 Å². The van der Waals surface area contributed by atoms with Crippen LogP contribution in [0.25, 0.3) is 0 Å². The molecule has 1 aromatic rings. The number of aliphatic hydroxyl groups is 1. The van der Waals surface area contributed by atoms with Gasteiger partial charge in [-0.2, -0.15) is 0 Å². The molecule has 1 N–H and O–H groups in total. The van der Waals surface area contributed by atoms with Gasteiger partial charge in [-0.15, -0.1) is 6.58 Å². The molecule has 0 aliphatic heterocycles. The van der Waals surface area contributed by atoms with Crippen LogP contribution >= 0.6 is 0 Å². The summed E-state index contributed by atoms with van der Waals surface area (Å²) in [7, 11) is 0. The first-order valence-corrected chi connectivity index (χ1v) is 4.50. The van der Waals surface area contributed by atoms with Gasteiger partial charge in [0.05, 0.1) is 6.10 Å². The SMILES string of the molecule is C=CC[C@@H](O)c1cc(C)cc(C)c1. The maximum absolute atomic E-state index is 9.70. The minimum atomic E-state index is -0.406. The lowest BCUT2D eigenvalue weighted by Gasteiger charge is -2.10. The number of benzene rings is 1. The van der Waals surface area contributed by atoms with E-state index in [1.807, 2.05) is 26.0 Å². The fraction of sp³-hybridized carbons (Fsp3) is 0.333. The molecule has 0 heterocycles. The second kappa shape index (κ2) is 4.24. The Bertz CT molecular complexity index is 282. The van der Waals surface area contributed by atoms with Gasteiger partial charge in [0.2, 0.25) is 0 Å². The van der Waals surface area contributed by atoms with E-state index in [-0.39, 0.29) is 0 Å². The molecule has 0 bridgehead atoms. The molecule has 0 saturated heterocycles. The first kappa shape index (κ1) is 10.0. The van der Waals surface area contributed by atoms with Gasteiger partial charge in [0.25, 0.3) is 0 Å². The average molecular weight is 176 g/mol. The Morgan fingerprint density at radius 2 is 1.85 bits per heavy atom. The normalized spacial score (nSPS) is 12.5. The molecular weight excluding hydrogens is 160 g/mol. The van der Waals surface area contributed by atoms with E-state index < -0.39 is 6.10 Å². The fourth-order valence-corrected chi connectivity index (χ4v) is 1.50. The van der Waals surface area contributed by atoms with E-state index in [4.69, 9.17) is 0 Å². The average Bonchev–Trinajstić information content (AvgIpc) is 2.03. The maximum atomic E-state index is 9.70. The molecule has 13 heavy (non-hydrogen) atoms. The molecular formula is C12H16O. The van der Waals surface area contributed by atoms with E-state index in [9.17, 15) is 5.11 Å². The summed E-state index contributed by atoms with van der Waals surface area (Å²) in [6.07, 6.45) is 1.95. The first-order valence-electron chi connectivity index (χ1n) is 4.50. The highest BCUT2D eigenvalue weighted by Gasteiger charge is 2.05. The van der Waals surface area contributed by atoms with Gasteiger partial charge in [0, 0.05) is 0 Å². The standard InChI is InChI=1S/C12H16O/c1-4-5-12(13)11-7-9(2)6-10(3)8-11/h4,6-8,12-13H,1,5H2,2-3H3/t12-/m1/s1. The molecule has 0 aliphatic carbocycles. The van der Waals surface area contributed by atoms with Crippen LogP contribution in [-0.2, 0) is 0 Å². The molecule has 1 nitrogen and oxygen atoms in total. The van der Waals surface area contributed by atoms with Crippen LogP contribution in [0, 0.1) is 13.8 Å². The monoisotopic (exact) mass is 176 g/mol. The van der Waals surface area contributed by atoms with E-state index in [0.29, 0.717) is 6.42 Å². The molecule has 1 rings (SSSR count). The second-order valence-electron chi connectivity index (χ2n) is 3.46. The van der Waals surface area contributed by atoms with Gasteiger partial charge in [0.1, 0.15) is 0 Å². The third kappa shape index (κ3) is 2.71. The van der Waals surface area contributed by atoms with E-state index in [1.54, 1.807) is 6.08 Å². The lowest BCUT2D eigenvalue weighted by molar-refractivity contribution is 0.181. The van der Waals surface area contributed by atoms with Crippen molar-refractivity contribution in [3.63, 3.8) is 0 Å². The number of hydrogen-bond acceptors (Lipinski definition) is 1. The summed E-state index contributed by atoms with van der Waals surface area (Å²) < 4.78 is 0. The zero-order chi connectivity index (χ0) is 9.84. The number of aryl methyl sites for hydroxylation is 2. The molecule has 0 aromatic heterocycles. The summed E-state index contributed by atoms with van der Waals surface area (Å²) in [4.78, 5) is 0. The van der Waals surface area contributed by atoms with Crippen molar-refractivity contribution in [3.05, 3.63) is 47.5 Å². The Labute approximate surface area is 79.7 Å². The van der Waals surface area contributed by atoms with Crippen LogP contribution in [0.1, 0.15) is 29.2 Å². The largest absolute Gasteiger partial charge is 0.388 e. The molecule has 0 radical (unpaired) electrons. The topological polar surface area (TPSA) is 20.2 Å². The highest BCUT2D eigenvalue weighted by Crippen LogP contribution is 2.19. The predicted molar refractivity (Wildman–Crippen MR) is 55.7 cm³/mol. The van der Waals surface area contributed by atoms with Gasteiger partial charge in [-0.1, -0.05) is 35.4 Å². The molecule has 1 heteroatoms. The van der Waals surface area contributed by atoms with Crippen molar-refractivity contribution in [2.45, 2.75) is 26.4 Å². The highest BCUT2D eigenvalue weighted by molar-refractivity contribution is 5.30. The molecule has 1 atom stereocenters. The van der Waals surface area contributed by atoms with Crippen LogP contribution in [0.3, 0.4) is 0 Å². The highest BCUT2D eigenvalue weighted by atomic mass is 16.3. The van der Waals surface area contributed by atoms with Crippen molar-refractivity contribution >= 4 is 0 Å². The summed E-state index contributed by atoms with van der Waals surface area (Å²) in [6, 6.07) is 6.13. The number of aliphatic hydroxyl groups excluding tert-OH is 1. The third-order valence-corrected chi connectivity index (χ3v) is 2.02. The van der Waals surface area contributed by atoms with Gasteiger partial charge in [-0.05, 0) is 25.8 Å². The summed E-state index contributed by atoms with van der Waals surface area (Å²) >= 11 is 0. The molecule has 0 spiro atoms. The van der Waals surface area contributed by atoms with Gasteiger partial charge < -0.3 is 5.11 Å². The summed E-state index contributed by atoms with van der Waals surface area (Å²) in [5.41, 5.74) is 3.37. The van der Waals surface area contributed by atoms with Gasteiger partial charge in [-0.25, -0.2) is 0 Å². The summed E-state index contributed by atoms with van der Waals surface area (Å²) in [5.74, 6) is 0.